The Labute approximate surface area is 165 Å². The van der Waals surface area contributed by atoms with E-state index in [1.807, 2.05) is 38.1 Å². The number of nitrogens with one attached hydrogen (secondary N) is 3. The number of benzene rings is 1. The number of ether oxygens (including phenoxy) is 2. The molecule has 0 fully saturated rings. The van der Waals surface area contributed by atoms with E-state index in [1.54, 1.807) is 19.2 Å². The van der Waals surface area contributed by atoms with Crippen molar-refractivity contribution < 1.29 is 18.7 Å². The molecule has 0 saturated heterocycles. The average molecular weight is 388 g/mol. The first-order valence-corrected chi connectivity index (χ1v) is 9.27. The molecule has 0 aliphatic rings. The molecule has 8 nitrogen and oxygen atoms in total. The lowest BCUT2D eigenvalue weighted by molar-refractivity contribution is 0.0926. The van der Waals surface area contributed by atoms with Crippen LogP contribution in [0.3, 0.4) is 0 Å². The third-order valence-electron chi connectivity index (χ3n) is 3.68. The summed E-state index contributed by atoms with van der Waals surface area (Å²) in [7, 11) is 1.62. The van der Waals surface area contributed by atoms with Crippen LogP contribution in [0.1, 0.15) is 24.4 Å². The molecule has 28 heavy (non-hydrogen) atoms. The van der Waals surface area contributed by atoms with Crippen LogP contribution in [0.4, 0.5) is 0 Å². The highest BCUT2D eigenvalue weighted by Crippen LogP contribution is 2.19. The zero-order valence-electron chi connectivity index (χ0n) is 16.5. The molecule has 1 aromatic carbocycles. The summed E-state index contributed by atoms with van der Waals surface area (Å²) in [4.78, 5) is 16.3. The van der Waals surface area contributed by atoms with Crippen molar-refractivity contribution >= 4 is 11.9 Å². The SMILES string of the molecule is CCNC(=NCC(C)Oc1cccc(OC)c1)NCCNC(=O)c1ccco1. The van der Waals surface area contributed by atoms with Gasteiger partial charge in [-0.1, -0.05) is 6.07 Å². The number of carbonyl (C=O) groups is 1. The van der Waals surface area contributed by atoms with Crippen LogP contribution in [0.5, 0.6) is 11.5 Å². The predicted molar refractivity (Wildman–Crippen MR) is 108 cm³/mol. The molecule has 152 valence electrons. The van der Waals surface area contributed by atoms with Crippen LogP contribution in [-0.2, 0) is 0 Å². The molecule has 0 aliphatic heterocycles. The summed E-state index contributed by atoms with van der Waals surface area (Å²) in [5.41, 5.74) is 0. The van der Waals surface area contributed by atoms with Gasteiger partial charge >= 0.3 is 0 Å². The standard InChI is InChI=1S/C20H28N4O4/c1-4-21-20(23-11-10-22-19(25)18-9-6-12-27-18)24-14-15(2)28-17-8-5-7-16(13-17)26-3/h5-9,12-13,15H,4,10-11,14H2,1-3H3,(H,22,25)(H2,21,23,24). The fourth-order valence-corrected chi connectivity index (χ4v) is 2.36. The Hall–Kier alpha value is -3.16. The molecule has 2 aromatic rings. The Kier molecular flexibility index (Phi) is 8.71. The third kappa shape index (κ3) is 7.22. The van der Waals surface area contributed by atoms with Crippen LogP contribution in [0, 0.1) is 0 Å². The van der Waals surface area contributed by atoms with Crippen molar-refractivity contribution in [3.05, 3.63) is 48.4 Å². The van der Waals surface area contributed by atoms with Gasteiger partial charge in [0, 0.05) is 25.7 Å². The number of guanidine groups is 1. The highest BCUT2D eigenvalue weighted by molar-refractivity contribution is 5.91. The van der Waals surface area contributed by atoms with E-state index in [-0.39, 0.29) is 12.0 Å². The molecule has 0 radical (unpaired) electrons. The molecule has 1 heterocycles. The molecule has 1 unspecified atom stereocenters. The van der Waals surface area contributed by atoms with E-state index in [2.05, 4.69) is 20.9 Å². The second kappa shape index (κ2) is 11.5. The number of furan rings is 1. The Bertz CT molecular complexity index is 746. The maximum absolute atomic E-state index is 11.8. The third-order valence-corrected chi connectivity index (χ3v) is 3.68. The van der Waals surface area contributed by atoms with Crippen molar-refractivity contribution in [3.63, 3.8) is 0 Å². The van der Waals surface area contributed by atoms with Gasteiger partial charge in [0.25, 0.3) is 5.91 Å². The van der Waals surface area contributed by atoms with E-state index < -0.39 is 0 Å². The van der Waals surface area contributed by atoms with Gasteiger partial charge in [0.05, 0.1) is 19.9 Å². The van der Waals surface area contributed by atoms with Gasteiger partial charge in [-0.25, -0.2) is 4.99 Å². The topological polar surface area (TPSA) is 97.1 Å². The second-order valence-electron chi connectivity index (χ2n) is 5.99. The Morgan fingerprint density at radius 2 is 1.93 bits per heavy atom. The number of rotatable bonds is 10. The minimum atomic E-state index is -0.242. The number of hydrogen-bond acceptors (Lipinski definition) is 5. The van der Waals surface area contributed by atoms with Gasteiger partial charge in [-0.15, -0.1) is 0 Å². The van der Waals surface area contributed by atoms with Gasteiger partial charge in [-0.05, 0) is 38.1 Å². The van der Waals surface area contributed by atoms with Crippen molar-refractivity contribution in [3.8, 4) is 11.5 Å². The Morgan fingerprint density at radius 1 is 1.14 bits per heavy atom. The van der Waals surface area contributed by atoms with Crippen molar-refractivity contribution in [2.24, 2.45) is 4.99 Å². The number of amides is 1. The van der Waals surface area contributed by atoms with Gasteiger partial charge in [0.2, 0.25) is 0 Å². The lowest BCUT2D eigenvalue weighted by Crippen LogP contribution is -2.42. The summed E-state index contributed by atoms with van der Waals surface area (Å²) in [5.74, 6) is 2.20. The first-order valence-electron chi connectivity index (χ1n) is 9.27. The summed E-state index contributed by atoms with van der Waals surface area (Å²) in [6.45, 7) is 6.13. The second-order valence-corrected chi connectivity index (χ2v) is 5.99. The summed E-state index contributed by atoms with van der Waals surface area (Å²) in [5, 5.41) is 9.12. The summed E-state index contributed by atoms with van der Waals surface area (Å²) in [6, 6.07) is 10.8. The maximum atomic E-state index is 11.8. The fourth-order valence-electron chi connectivity index (χ4n) is 2.36. The molecule has 2 rings (SSSR count). The van der Waals surface area contributed by atoms with E-state index in [1.165, 1.54) is 6.26 Å². The van der Waals surface area contributed by atoms with Gasteiger partial charge in [0.1, 0.15) is 17.6 Å². The highest BCUT2D eigenvalue weighted by Gasteiger charge is 2.08. The molecule has 0 aliphatic carbocycles. The smallest absolute Gasteiger partial charge is 0.287 e. The van der Waals surface area contributed by atoms with Crippen LogP contribution in [0.25, 0.3) is 0 Å². The number of aliphatic imine (C=N–C) groups is 1. The molecular weight excluding hydrogens is 360 g/mol. The average Bonchev–Trinajstić information content (AvgIpc) is 3.24. The van der Waals surface area contributed by atoms with Crippen LogP contribution in [0.15, 0.2) is 52.1 Å². The molecule has 1 amide bonds. The van der Waals surface area contributed by atoms with Crippen molar-refractivity contribution in [2.45, 2.75) is 20.0 Å². The summed E-state index contributed by atoms with van der Waals surface area (Å²) >= 11 is 0. The van der Waals surface area contributed by atoms with Crippen molar-refractivity contribution in [1.82, 2.24) is 16.0 Å². The molecule has 0 saturated carbocycles. The van der Waals surface area contributed by atoms with E-state index in [9.17, 15) is 4.79 Å². The fraction of sp³-hybridized carbons (Fsp3) is 0.400. The summed E-state index contributed by atoms with van der Waals surface area (Å²) in [6.07, 6.45) is 1.36. The van der Waals surface area contributed by atoms with Crippen molar-refractivity contribution in [1.29, 1.82) is 0 Å². The van der Waals surface area contributed by atoms with Crippen LogP contribution in [-0.4, -0.2) is 51.3 Å². The van der Waals surface area contributed by atoms with E-state index >= 15 is 0 Å². The monoisotopic (exact) mass is 388 g/mol. The molecular formula is C20H28N4O4. The lowest BCUT2D eigenvalue weighted by atomic mass is 10.3. The predicted octanol–water partition coefficient (Wildman–Crippen LogP) is 2.04. The first-order chi connectivity index (χ1) is 13.6. The normalized spacial score (nSPS) is 12.2. The molecule has 8 heteroatoms. The number of hydrogen-bond donors (Lipinski definition) is 3. The highest BCUT2D eigenvalue weighted by atomic mass is 16.5. The van der Waals surface area contributed by atoms with Gasteiger partial charge in [-0.2, -0.15) is 0 Å². The zero-order chi connectivity index (χ0) is 20.2. The molecule has 0 bridgehead atoms. The first kappa shape index (κ1) is 21.1. The number of methoxy groups -OCH3 is 1. The van der Waals surface area contributed by atoms with E-state index in [4.69, 9.17) is 13.9 Å². The minimum absolute atomic E-state index is 0.110. The van der Waals surface area contributed by atoms with Crippen LogP contribution < -0.4 is 25.4 Å². The quantitative estimate of drug-likeness (QED) is 0.327. The summed E-state index contributed by atoms with van der Waals surface area (Å²) < 4.78 is 16.1. The van der Waals surface area contributed by atoms with Crippen molar-refractivity contribution in [2.75, 3.05) is 33.3 Å². The van der Waals surface area contributed by atoms with Gasteiger partial charge in [0.15, 0.2) is 11.7 Å². The van der Waals surface area contributed by atoms with E-state index in [0.29, 0.717) is 31.4 Å². The minimum Gasteiger partial charge on any atom is -0.497 e. The Balaban J connectivity index is 1.76. The van der Waals surface area contributed by atoms with Crippen LogP contribution >= 0.6 is 0 Å². The number of nitrogens with zero attached hydrogens (tertiary/aromatic N) is 1. The molecule has 3 N–H and O–H groups in total. The lowest BCUT2D eigenvalue weighted by Gasteiger charge is -2.15. The zero-order valence-corrected chi connectivity index (χ0v) is 16.5. The molecule has 1 aromatic heterocycles. The Morgan fingerprint density at radius 3 is 2.64 bits per heavy atom. The largest absolute Gasteiger partial charge is 0.497 e. The van der Waals surface area contributed by atoms with Gasteiger partial charge < -0.3 is 29.8 Å². The van der Waals surface area contributed by atoms with E-state index in [0.717, 1.165) is 18.0 Å². The van der Waals surface area contributed by atoms with Gasteiger partial charge in [-0.3, -0.25) is 4.79 Å². The maximum Gasteiger partial charge on any atom is 0.287 e. The number of carbonyl (C=O) groups excluding carboxylic acids is 1. The molecule has 0 spiro atoms. The van der Waals surface area contributed by atoms with Crippen LogP contribution in [0.2, 0.25) is 0 Å². The molecule has 1 atom stereocenters.